The van der Waals surface area contributed by atoms with E-state index in [1.807, 2.05) is 30.5 Å². The summed E-state index contributed by atoms with van der Waals surface area (Å²) in [5, 5.41) is 4.26. The van der Waals surface area contributed by atoms with Crippen LogP contribution in [0.4, 0.5) is 0 Å². The van der Waals surface area contributed by atoms with E-state index < -0.39 is 0 Å². The highest BCUT2D eigenvalue weighted by atomic mass is 16.5. The van der Waals surface area contributed by atoms with E-state index in [1.54, 1.807) is 14.2 Å². The van der Waals surface area contributed by atoms with E-state index in [2.05, 4.69) is 35.3 Å². The average molecular weight is 470 g/mol. The van der Waals surface area contributed by atoms with Crippen molar-refractivity contribution in [2.75, 3.05) is 27.4 Å². The number of furan rings is 1. The van der Waals surface area contributed by atoms with Crippen LogP contribution in [0.5, 0.6) is 0 Å². The van der Waals surface area contributed by atoms with Crippen LogP contribution in [0.3, 0.4) is 0 Å². The molecule has 5 heteroatoms. The number of rotatable bonds is 10. The Morgan fingerprint density at radius 3 is 2.29 bits per heavy atom. The highest BCUT2D eigenvalue weighted by Gasteiger charge is 2.14. The first-order valence-electron chi connectivity index (χ1n) is 12.2. The lowest BCUT2D eigenvalue weighted by Crippen LogP contribution is -2.13. The Morgan fingerprint density at radius 2 is 1.51 bits per heavy atom. The van der Waals surface area contributed by atoms with E-state index in [1.165, 1.54) is 11.1 Å². The second-order valence-corrected chi connectivity index (χ2v) is 9.10. The normalized spacial score (nSPS) is 11.7. The highest BCUT2D eigenvalue weighted by molar-refractivity contribution is 6.05. The summed E-state index contributed by atoms with van der Waals surface area (Å²) in [5.41, 5.74) is 6.19. The molecule has 0 unspecified atom stereocenters. The van der Waals surface area contributed by atoms with Crippen molar-refractivity contribution in [2.24, 2.45) is 0 Å². The maximum Gasteiger partial charge on any atom is 0.252 e. The summed E-state index contributed by atoms with van der Waals surface area (Å²) in [6, 6.07) is 18.7. The molecule has 180 valence electrons. The topological polar surface area (TPSA) is 64.5 Å². The first-order valence-corrected chi connectivity index (χ1v) is 12.2. The van der Waals surface area contributed by atoms with Crippen LogP contribution in [0.1, 0.15) is 35.1 Å². The van der Waals surface area contributed by atoms with Gasteiger partial charge in [-0.25, -0.2) is 0 Å². The van der Waals surface area contributed by atoms with Crippen LogP contribution in [-0.2, 0) is 28.7 Å². The van der Waals surface area contributed by atoms with E-state index in [9.17, 15) is 4.79 Å². The fourth-order valence-electron chi connectivity index (χ4n) is 4.98. The number of methoxy groups -OCH3 is 2. The molecular formula is C30H31NO4. The number of aromatic amines is 1. The fraction of sp³-hybridized carbons (Fsp3) is 0.300. The van der Waals surface area contributed by atoms with Gasteiger partial charge in [-0.15, -0.1) is 0 Å². The minimum Gasteiger partial charge on any atom is -0.456 e. The average Bonchev–Trinajstić information content (AvgIpc) is 3.24. The summed E-state index contributed by atoms with van der Waals surface area (Å²) < 4.78 is 16.5. The van der Waals surface area contributed by atoms with E-state index in [-0.39, 0.29) is 5.56 Å². The molecule has 5 aromatic rings. The molecule has 2 aromatic heterocycles. The first-order chi connectivity index (χ1) is 17.2. The Hall–Kier alpha value is -3.41. The van der Waals surface area contributed by atoms with Crippen molar-refractivity contribution in [3.8, 4) is 0 Å². The molecule has 0 bridgehead atoms. The molecule has 0 aliphatic heterocycles. The molecule has 3 aromatic carbocycles. The molecule has 35 heavy (non-hydrogen) atoms. The van der Waals surface area contributed by atoms with Gasteiger partial charge in [0.25, 0.3) is 5.56 Å². The van der Waals surface area contributed by atoms with Crippen LogP contribution in [0.2, 0.25) is 0 Å². The molecule has 0 aliphatic carbocycles. The Morgan fingerprint density at radius 1 is 0.800 bits per heavy atom. The standard InChI is InChI=1S/C30H31NO4/c1-33-13-5-7-21-17-23-19-31-30(32)27(25(23)18-22(21)8-6-14-34-2)16-20-11-12-29-26(15-20)24-9-3-4-10-28(24)35-29/h3-4,9-12,15,17-19H,5-8,13-14,16H2,1-2H3,(H,31,32). The molecule has 5 nitrogen and oxygen atoms in total. The Kier molecular flexibility index (Phi) is 6.98. The van der Waals surface area contributed by atoms with Gasteiger partial charge in [0.2, 0.25) is 0 Å². The van der Waals surface area contributed by atoms with Gasteiger partial charge >= 0.3 is 0 Å². The van der Waals surface area contributed by atoms with Gasteiger partial charge in [-0.1, -0.05) is 30.3 Å². The number of hydrogen-bond acceptors (Lipinski definition) is 4. The summed E-state index contributed by atoms with van der Waals surface area (Å²) in [6.45, 7) is 1.45. The zero-order valence-electron chi connectivity index (χ0n) is 20.4. The van der Waals surface area contributed by atoms with Crippen molar-refractivity contribution in [3.05, 3.63) is 93.4 Å². The van der Waals surface area contributed by atoms with Gasteiger partial charge in [0, 0.05) is 56.4 Å². The quantitative estimate of drug-likeness (QED) is 0.248. The molecule has 0 atom stereocenters. The van der Waals surface area contributed by atoms with E-state index >= 15 is 0 Å². The number of ether oxygens (including phenoxy) is 2. The molecule has 0 spiro atoms. The summed E-state index contributed by atoms with van der Waals surface area (Å²) >= 11 is 0. The van der Waals surface area contributed by atoms with Crippen LogP contribution in [0, 0.1) is 0 Å². The van der Waals surface area contributed by atoms with Gasteiger partial charge in [0.15, 0.2) is 0 Å². The van der Waals surface area contributed by atoms with Gasteiger partial charge in [-0.05, 0) is 77.4 Å². The van der Waals surface area contributed by atoms with Crippen molar-refractivity contribution in [3.63, 3.8) is 0 Å². The Bertz CT molecular complexity index is 1530. The van der Waals surface area contributed by atoms with E-state index in [0.717, 1.165) is 82.7 Å². The minimum absolute atomic E-state index is 0.0374. The van der Waals surface area contributed by atoms with Gasteiger partial charge in [0.1, 0.15) is 11.2 Å². The van der Waals surface area contributed by atoms with E-state index in [0.29, 0.717) is 6.42 Å². The molecule has 5 rings (SSSR count). The van der Waals surface area contributed by atoms with Gasteiger partial charge in [-0.3, -0.25) is 4.79 Å². The molecule has 0 fully saturated rings. The number of aryl methyl sites for hydroxylation is 2. The van der Waals surface area contributed by atoms with Crippen molar-refractivity contribution in [1.82, 2.24) is 4.98 Å². The summed E-state index contributed by atoms with van der Waals surface area (Å²) in [5.74, 6) is 0. The van der Waals surface area contributed by atoms with Crippen molar-refractivity contribution >= 4 is 32.7 Å². The number of aromatic nitrogens is 1. The molecule has 0 saturated carbocycles. The largest absolute Gasteiger partial charge is 0.456 e. The fourth-order valence-corrected chi connectivity index (χ4v) is 4.98. The molecule has 2 heterocycles. The van der Waals surface area contributed by atoms with Crippen LogP contribution >= 0.6 is 0 Å². The lowest BCUT2D eigenvalue weighted by Gasteiger charge is -2.14. The summed E-state index contributed by atoms with van der Waals surface area (Å²) in [7, 11) is 3.47. The number of nitrogens with one attached hydrogen (secondary N) is 1. The number of hydrogen-bond donors (Lipinski definition) is 1. The monoisotopic (exact) mass is 469 g/mol. The van der Waals surface area contributed by atoms with Crippen molar-refractivity contribution in [1.29, 1.82) is 0 Å². The van der Waals surface area contributed by atoms with Crippen LogP contribution < -0.4 is 5.56 Å². The highest BCUT2D eigenvalue weighted by Crippen LogP contribution is 2.30. The van der Waals surface area contributed by atoms with Crippen LogP contribution in [-0.4, -0.2) is 32.4 Å². The predicted octanol–water partition coefficient (Wildman–Crippen LogP) is 6.18. The number of fused-ring (bicyclic) bond motifs is 4. The second kappa shape index (κ2) is 10.5. The van der Waals surface area contributed by atoms with Gasteiger partial charge in [0.05, 0.1) is 0 Å². The zero-order valence-corrected chi connectivity index (χ0v) is 20.4. The lowest BCUT2D eigenvalue weighted by atomic mass is 9.92. The minimum atomic E-state index is -0.0374. The Labute approximate surface area is 204 Å². The number of pyridine rings is 1. The SMILES string of the molecule is COCCCc1cc2c[nH]c(=O)c(Cc3ccc4oc5ccccc5c4c3)c2cc1CCCOC. The van der Waals surface area contributed by atoms with Crippen molar-refractivity contribution < 1.29 is 13.9 Å². The van der Waals surface area contributed by atoms with Crippen LogP contribution in [0.25, 0.3) is 32.7 Å². The number of para-hydroxylation sites is 1. The molecule has 0 aliphatic rings. The smallest absolute Gasteiger partial charge is 0.252 e. The number of benzene rings is 3. The van der Waals surface area contributed by atoms with Crippen LogP contribution in [0.15, 0.2) is 70.0 Å². The maximum absolute atomic E-state index is 13.0. The molecule has 0 amide bonds. The molecular weight excluding hydrogens is 438 g/mol. The maximum atomic E-state index is 13.0. The third-order valence-electron chi connectivity index (χ3n) is 6.74. The van der Waals surface area contributed by atoms with Gasteiger partial charge in [-0.2, -0.15) is 0 Å². The molecule has 0 radical (unpaired) electrons. The van der Waals surface area contributed by atoms with E-state index in [4.69, 9.17) is 13.9 Å². The molecule has 0 saturated heterocycles. The van der Waals surface area contributed by atoms with Gasteiger partial charge < -0.3 is 18.9 Å². The summed E-state index contributed by atoms with van der Waals surface area (Å²) in [6.07, 6.45) is 6.18. The Balaban J connectivity index is 1.56. The second-order valence-electron chi connectivity index (χ2n) is 9.10. The lowest BCUT2D eigenvalue weighted by molar-refractivity contribution is 0.194. The predicted molar refractivity (Wildman–Crippen MR) is 141 cm³/mol. The molecule has 1 N–H and O–H groups in total. The first kappa shape index (κ1) is 23.3. The third kappa shape index (κ3) is 4.88. The van der Waals surface area contributed by atoms with Crippen molar-refractivity contribution in [2.45, 2.75) is 32.1 Å². The zero-order chi connectivity index (χ0) is 24.2. The number of H-pyrrole nitrogens is 1. The summed E-state index contributed by atoms with van der Waals surface area (Å²) in [4.78, 5) is 16.0. The third-order valence-corrected chi connectivity index (χ3v) is 6.74.